The number of carbonyl (C=O) groups excluding carboxylic acids is 1. The van der Waals surface area contributed by atoms with Gasteiger partial charge in [0.15, 0.2) is 0 Å². The van der Waals surface area contributed by atoms with E-state index >= 15 is 0 Å². The van der Waals surface area contributed by atoms with Crippen LogP contribution in [0.3, 0.4) is 0 Å². The number of likely N-dealkylation sites (tertiary alicyclic amines) is 1. The van der Waals surface area contributed by atoms with Crippen molar-refractivity contribution >= 4 is 5.91 Å². The van der Waals surface area contributed by atoms with E-state index in [4.69, 9.17) is 4.74 Å². The second-order valence-electron chi connectivity index (χ2n) is 5.35. The number of nitrogens with zero attached hydrogens (tertiary/aromatic N) is 3. The molecule has 1 fully saturated rings. The van der Waals surface area contributed by atoms with Crippen LogP contribution in [0, 0.1) is 12.8 Å². The average Bonchev–Trinajstić information content (AvgIpc) is 2.77. The summed E-state index contributed by atoms with van der Waals surface area (Å²) in [5.74, 6) is 1.40. The van der Waals surface area contributed by atoms with Crippen LogP contribution < -0.4 is 0 Å². The quantitative estimate of drug-likeness (QED) is 0.788. The van der Waals surface area contributed by atoms with Gasteiger partial charge in [-0.25, -0.2) is 9.97 Å². The first-order chi connectivity index (χ1) is 9.63. The van der Waals surface area contributed by atoms with Crippen LogP contribution in [-0.2, 0) is 22.4 Å². The first kappa shape index (κ1) is 14.9. The second kappa shape index (κ2) is 6.79. The first-order valence-corrected chi connectivity index (χ1v) is 7.22. The van der Waals surface area contributed by atoms with Gasteiger partial charge in [-0.15, -0.1) is 0 Å². The van der Waals surface area contributed by atoms with Gasteiger partial charge in [-0.1, -0.05) is 6.92 Å². The molecule has 0 unspecified atom stereocenters. The predicted molar refractivity (Wildman–Crippen MR) is 76.4 cm³/mol. The van der Waals surface area contributed by atoms with Crippen LogP contribution in [0.2, 0.25) is 0 Å². The van der Waals surface area contributed by atoms with E-state index in [1.165, 1.54) is 5.56 Å². The summed E-state index contributed by atoms with van der Waals surface area (Å²) in [6, 6.07) is 0. The molecule has 1 aromatic rings. The maximum absolute atomic E-state index is 11.9. The molecule has 2 heterocycles. The Morgan fingerprint density at radius 1 is 1.50 bits per heavy atom. The van der Waals surface area contributed by atoms with E-state index in [1.54, 1.807) is 7.11 Å². The Hall–Kier alpha value is -1.49. The number of aromatic nitrogens is 2. The van der Waals surface area contributed by atoms with Gasteiger partial charge in [0, 0.05) is 38.5 Å². The SMILES string of the molecule is CCc1cnc(C)nc1C[C@@H]1CC(=O)N(CCOC)C1. The van der Waals surface area contributed by atoms with Crippen molar-refractivity contribution in [2.45, 2.75) is 33.1 Å². The Labute approximate surface area is 120 Å². The fourth-order valence-electron chi connectivity index (χ4n) is 2.70. The maximum Gasteiger partial charge on any atom is 0.223 e. The van der Waals surface area contributed by atoms with Gasteiger partial charge in [0.1, 0.15) is 5.82 Å². The van der Waals surface area contributed by atoms with E-state index in [2.05, 4.69) is 16.9 Å². The molecule has 110 valence electrons. The monoisotopic (exact) mass is 277 g/mol. The summed E-state index contributed by atoms with van der Waals surface area (Å²) < 4.78 is 5.04. The van der Waals surface area contributed by atoms with Crippen LogP contribution >= 0.6 is 0 Å². The Morgan fingerprint density at radius 2 is 2.30 bits per heavy atom. The number of aryl methyl sites for hydroxylation is 2. The highest BCUT2D eigenvalue weighted by atomic mass is 16.5. The number of carbonyl (C=O) groups is 1. The molecule has 0 aliphatic carbocycles. The molecule has 1 aliphatic rings. The lowest BCUT2D eigenvalue weighted by molar-refractivity contribution is -0.128. The highest BCUT2D eigenvalue weighted by Gasteiger charge is 2.29. The van der Waals surface area contributed by atoms with E-state index in [-0.39, 0.29) is 5.91 Å². The fourth-order valence-corrected chi connectivity index (χ4v) is 2.70. The summed E-state index contributed by atoms with van der Waals surface area (Å²) in [5.41, 5.74) is 2.30. The van der Waals surface area contributed by atoms with Crippen LogP contribution in [0.1, 0.15) is 30.4 Å². The highest BCUT2D eigenvalue weighted by molar-refractivity contribution is 5.78. The van der Waals surface area contributed by atoms with Gasteiger partial charge >= 0.3 is 0 Å². The minimum atomic E-state index is 0.232. The van der Waals surface area contributed by atoms with Crippen molar-refractivity contribution in [2.24, 2.45) is 5.92 Å². The van der Waals surface area contributed by atoms with Gasteiger partial charge in [0.25, 0.3) is 0 Å². The standard InChI is InChI=1S/C15H23N3O2/c1-4-13-9-16-11(2)17-14(13)7-12-8-15(19)18(10-12)5-6-20-3/h9,12H,4-8,10H2,1-3H3/t12-/m1/s1. The second-order valence-corrected chi connectivity index (χ2v) is 5.35. The summed E-state index contributed by atoms with van der Waals surface area (Å²) in [6.07, 6.45) is 4.33. The zero-order valence-electron chi connectivity index (χ0n) is 12.6. The lowest BCUT2D eigenvalue weighted by Crippen LogP contribution is -2.29. The van der Waals surface area contributed by atoms with E-state index in [9.17, 15) is 4.79 Å². The summed E-state index contributed by atoms with van der Waals surface area (Å²) in [4.78, 5) is 22.6. The first-order valence-electron chi connectivity index (χ1n) is 7.22. The Bertz CT molecular complexity index is 476. The third-order valence-corrected chi connectivity index (χ3v) is 3.80. The zero-order chi connectivity index (χ0) is 14.5. The average molecular weight is 277 g/mol. The molecule has 1 aliphatic heterocycles. The van der Waals surface area contributed by atoms with Gasteiger partial charge in [-0.3, -0.25) is 4.79 Å². The number of hydrogen-bond donors (Lipinski definition) is 0. The molecule has 1 saturated heterocycles. The van der Waals surface area contributed by atoms with Crippen molar-refractivity contribution in [3.8, 4) is 0 Å². The molecule has 0 radical (unpaired) electrons. The number of methoxy groups -OCH3 is 1. The van der Waals surface area contributed by atoms with Crippen LogP contribution in [0.25, 0.3) is 0 Å². The molecule has 1 aromatic heterocycles. The van der Waals surface area contributed by atoms with Crippen molar-refractivity contribution in [2.75, 3.05) is 26.8 Å². The molecule has 5 heteroatoms. The minimum absolute atomic E-state index is 0.232. The number of hydrogen-bond acceptors (Lipinski definition) is 4. The minimum Gasteiger partial charge on any atom is -0.383 e. The molecule has 5 nitrogen and oxygen atoms in total. The lowest BCUT2D eigenvalue weighted by Gasteiger charge is -2.16. The topological polar surface area (TPSA) is 55.3 Å². The number of amides is 1. The molecule has 0 saturated carbocycles. The van der Waals surface area contributed by atoms with E-state index < -0.39 is 0 Å². The largest absolute Gasteiger partial charge is 0.383 e. The highest BCUT2D eigenvalue weighted by Crippen LogP contribution is 2.22. The summed E-state index contributed by atoms with van der Waals surface area (Å²) in [5, 5.41) is 0. The molecule has 0 spiro atoms. The van der Waals surface area contributed by atoms with Gasteiger partial charge < -0.3 is 9.64 Å². The zero-order valence-corrected chi connectivity index (χ0v) is 12.6. The van der Waals surface area contributed by atoms with Crippen molar-refractivity contribution < 1.29 is 9.53 Å². The molecular formula is C15H23N3O2. The van der Waals surface area contributed by atoms with E-state index in [0.29, 0.717) is 25.5 Å². The summed E-state index contributed by atoms with van der Waals surface area (Å²) in [7, 11) is 1.66. The molecular weight excluding hydrogens is 254 g/mol. The molecule has 2 rings (SSSR count). The van der Waals surface area contributed by atoms with Crippen LogP contribution in [-0.4, -0.2) is 47.6 Å². The molecule has 0 aromatic carbocycles. The molecule has 20 heavy (non-hydrogen) atoms. The lowest BCUT2D eigenvalue weighted by atomic mass is 9.99. The third kappa shape index (κ3) is 3.54. The molecule has 0 N–H and O–H groups in total. The Morgan fingerprint density at radius 3 is 3.00 bits per heavy atom. The van der Waals surface area contributed by atoms with E-state index in [1.807, 2.05) is 18.0 Å². The van der Waals surface area contributed by atoms with Crippen LogP contribution in [0.15, 0.2) is 6.20 Å². The van der Waals surface area contributed by atoms with Crippen LogP contribution in [0.4, 0.5) is 0 Å². The van der Waals surface area contributed by atoms with Crippen molar-refractivity contribution in [3.63, 3.8) is 0 Å². The molecule has 0 bridgehead atoms. The van der Waals surface area contributed by atoms with Crippen molar-refractivity contribution in [3.05, 3.63) is 23.3 Å². The van der Waals surface area contributed by atoms with Gasteiger partial charge in [-0.05, 0) is 31.2 Å². The van der Waals surface area contributed by atoms with Gasteiger partial charge in [0.05, 0.1) is 6.61 Å². The summed E-state index contributed by atoms with van der Waals surface area (Å²) in [6.45, 7) is 6.13. The fraction of sp³-hybridized carbons (Fsp3) is 0.667. The van der Waals surface area contributed by atoms with E-state index in [0.717, 1.165) is 30.9 Å². The molecule has 1 atom stereocenters. The summed E-state index contributed by atoms with van der Waals surface area (Å²) >= 11 is 0. The van der Waals surface area contributed by atoms with Gasteiger partial charge in [-0.2, -0.15) is 0 Å². The predicted octanol–water partition coefficient (Wildman–Crippen LogP) is 1.38. The number of rotatable bonds is 6. The Kier molecular flexibility index (Phi) is 5.06. The van der Waals surface area contributed by atoms with Crippen molar-refractivity contribution in [1.82, 2.24) is 14.9 Å². The Balaban J connectivity index is 2.01. The number of ether oxygens (including phenoxy) is 1. The third-order valence-electron chi connectivity index (χ3n) is 3.80. The van der Waals surface area contributed by atoms with Crippen molar-refractivity contribution in [1.29, 1.82) is 0 Å². The molecule has 1 amide bonds. The normalized spacial score (nSPS) is 18.9. The maximum atomic E-state index is 11.9. The van der Waals surface area contributed by atoms with Crippen LogP contribution in [0.5, 0.6) is 0 Å². The van der Waals surface area contributed by atoms with Gasteiger partial charge in [0.2, 0.25) is 5.91 Å². The smallest absolute Gasteiger partial charge is 0.223 e.